The average molecular weight is 1240 g/mol. The number of aromatic hydroxyl groups is 3. The fourth-order valence-corrected chi connectivity index (χ4v) is 11.2. The Balaban J connectivity index is 0.000000278. The molecule has 452 valence electrons. The second-order valence-corrected chi connectivity index (χ2v) is 23.8. The summed E-state index contributed by atoms with van der Waals surface area (Å²) in [6, 6.07) is 28.0. The Morgan fingerprint density at radius 2 is 0.843 bits per heavy atom. The van der Waals surface area contributed by atoms with Crippen LogP contribution in [-0.4, -0.2) is 40.3 Å². The molecule has 9 nitrogen and oxygen atoms in total. The van der Waals surface area contributed by atoms with Crippen molar-refractivity contribution in [1.82, 2.24) is 0 Å². The number of phenolic OH excluding ortho intramolecular Hbond substituents is 3. The standard InChI is InChI=1S/C28H39ClN2O4.C25H34Cl2O2.C16H16Cl2O/c1-3-4-5-6-7-8-9-10-11-12-15-35-23-14-13-22(24(19-23)28(30)34)16-21-17-25(29)27(33)26(18-21)31-20(2)32;1-2-3-4-5-6-7-8-9-10-11-16-29-22-14-12-20(13-15-22)17-21-18-23(26)25(28)24(27)19-21;1-9-4-10(2)13(11(3)5-9)6-12-7-14(17)16(19)15(18)8-12/h13-14,17-19,33H,3-12,15-16H2,1-2H3,(H2,30,34)(H,31,32);12-15,18-19,28H,2-11,16-17H2,1H3;4-5,7-8,19H,6H2,1-3H3. The molecule has 0 spiro atoms. The van der Waals surface area contributed by atoms with Gasteiger partial charge >= 0.3 is 0 Å². The molecular formula is C69H89Cl5N2O7. The summed E-state index contributed by atoms with van der Waals surface area (Å²) in [5.74, 6) is 0.341. The molecule has 0 bridgehead atoms. The van der Waals surface area contributed by atoms with Crippen molar-refractivity contribution in [2.24, 2.45) is 5.73 Å². The van der Waals surface area contributed by atoms with Crippen LogP contribution in [0.1, 0.15) is 210 Å². The number of hydrogen-bond acceptors (Lipinski definition) is 7. The number of halogens is 5. The maximum absolute atomic E-state index is 12.1. The zero-order chi connectivity index (χ0) is 60.7. The van der Waals surface area contributed by atoms with E-state index in [0.29, 0.717) is 46.4 Å². The van der Waals surface area contributed by atoms with E-state index in [9.17, 15) is 24.9 Å². The molecule has 6 rings (SSSR count). The topological polar surface area (TPSA) is 151 Å². The molecule has 0 aromatic heterocycles. The summed E-state index contributed by atoms with van der Waals surface area (Å²) in [6.07, 6.45) is 27.7. The van der Waals surface area contributed by atoms with Gasteiger partial charge in [0.2, 0.25) is 11.8 Å². The number of nitrogens with one attached hydrogen (secondary N) is 1. The number of ether oxygens (including phenoxy) is 2. The van der Waals surface area contributed by atoms with Gasteiger partial charge in [-0.2, -0.15) is 0 Å². The summed E-state index contributed by atoms with van der Waals surface area (Å²) in [5.41, 5.74) is 15.8. The molecule has 0 fully saturated rings. The number of anilines is 1. The molecule has 0 saturated carbocycles. The maximum Gasteiger partial charge on any atom is 0.249 e. The fraction of sp³-hybridized carbons (Fsp3) is 0.449. The highest BCUT2D eigenvalue weighted by Gasteiger charge is 2.16. The van der Waals surface area contributed by atoms with Gasteiger partial charge in [-0.05, 0) is 158 Å². The van der Waals surface area contributed by atoms with Gasteiger partial charge in [0, 0.05) is 12.5 Å². The van der Waals surface area contributed by atoms with Crippen LogP contribution in [-0.2, 0) is 24.1 Å². The van der Waals surface area contributed by atoms with Crippen LogP contribution in [0.2, 0.25) is 25.1 Å². The molecule has 6 aromatic carbocycles. The lowest BCUT2D eigenvalue weighted by Gasteiger charge is -2.13. The Bertz CT molecular complexity index is 2880. The minimum absolute atomic E-state index is 0.0515. The molecule has 0 saturated heterocycles. The van der Waals surface area contributed by atoms with Crippen molar-refractivity contribution in [3.8, 4) is 28.7 Å². The zero-order valence-corrected chi connectivity index (χ0v) is 53.6. The van der Waals surface area contributed by atoms with E-state index in [1.54, 1.807) is 42.5 Å². The summed E-state index contributed by atoms with van der Waals surface area (Å²) in [4.78, 5) is 23.5. The first-order valence-corrected chi connectivity index (χ1v) is 31.7. The number of aryl methyl sites for hydroxylation is 3. The first-order valence-electron chi connectivity index (χ1n) is 29.8. The zero-order valence-electron chi connectivity index (χ0n) is 49.8. The number of unbranched alkanes of at least 4 members (excludes halogenated alkanes) is 18. The van der Waals surface area contributed by atoms with Crippen LogP contribution < -0.4 is 20.5 Å². The van der Waals surface area contributed by atoms with Crippen LogP contribution in [0.5, 0.6) is 28.7 Å². The van der Waals surface area contributed by atoms with E-state index in [1.807, 2.05) is 24.3 Å². The number of carbonyl (C=O) groups is 2. The third kappa shape index (κ3) is 26.3. The highest BCUT2D eigenvalue weighted by Crippen LogP contribution is 2.37. The molecule has 0 atom stereocenters. The molecule has 0 aliphatic rings. The Kier molecular flexibility index (Phi) is 32.7. The smallest absolute Gasteiger partial charge is 0.249 e. The van der Waals surface area contributed by atoms with Crippen LogP contribution >= 0.6 is 58.0 Å². The summed E-state index contributed by atoms with van der Waals surface area (Å²) in [7, 11) is 0. The van der Waals surface area contributed by atoms with E-state index >= 15 is 0 Å². The fourth-order valence-electron chi connectivity index (χ4n) is 9.92. The van der Waals surface area contributed by atoms with Crippen molar-refractivity contribution in [1.29, 1.82) is 0 Å². The number of carbonyl (C=O) groups excluding carboxylic acids is 2. The molecule has 2 amide bonds. The summed E-state index contributed by atoms with van der Waals surface area (Å²) in [6.45, 7) is 13.5. The second-order valence-electron chi connectivity index (χ2n) is 21.8. The van der Waals surface area contributed by atoms with Gasteiger partial charge in [-0.25, -0.2) is 0 Å². The number of benzene rings is 6. The Labute approximate surface area is 520 Å². The van der Waals surface area contributed by atoms with E-state index in [2.05, 4.69) is 64.2 Å². The van der Waals surface area contributed by atoms with Crippen molar-refractivity contribution < 1.29 is 34.4 Å². The predicted molar refractivity (Wildman–Crippen MR) is 349 cm³/mol. The van der Waals surface area contributed by atoms with E-state index in [-0.39, 0.29) is 43.9 Å². The van der Waals surface area contributed by atoms with Crippen LogP contribution in [0.15, 0.2) is 91.0 Å². The van der Waals surface area contributed by atoms with Crippen molar-refractivity contribution in [3.05, 3.63) is 172 Å². The Morgan fingerprint density at radius 1 is 0.458 bits per heavy atom. The van der Waals surface area contributed by atoms with Gasteiger partial charge in [-0.1, -0.05) is 223 Å². The Hall–Kier alpha value is -5.29. The van der Waals surface area contributed by atoms with E-state index < -0.39 is 5.91 Å². The second kappa shape index (κ2) is 38.6. The Morgan fingerprint density at radius 3 is 1.28 bits per heavy atom. The lowest BCUT2D eigenvalue weighted by molar-refractivity contribution is -0.114. The maximum atomic E-state index is 12.1. The third-order valence-corrected chi connectivity index (χ3v) is 15.9. The van der Waals surface area contributed by atoms with Crippen molar-refractivity contribution in [2.75, 3.05) is 18.5 Å². The first-order chi connectivity index (χ1) is 39.8. The molecule has 6 aromatic rings. The van der Waals surface area contributed by atoms with Gasteiger partial charge in [0.15, 0.2) is 17.2 Å². The molecule has 0 aliphatic carbocycles. The van der Waals surface area contributed by atoms with Crippen LogP contribution in [0.4, 0.5) is 5.69 Å². The monoisotopic (exact) mass is 1230 g/mol. The van der Waals surface area contributed by atoms with Gasteiger partial charge in [-0.3, -0.25) is 9.59 Å². The molecule has 0 unspecified atom stereocenters. The lowest BCUT2D eigenvalue weighted by atomic mass is 9.94. The van der Waals surface area contributed by atoms with Crippen molar-refractivity contribution in [2.45, 2.75) is 189 Å². The molecular weight excluding hydrogens is 1150 g/mol. The molecule has 6 N–H and O–H groups in total. The van der Waals surface area contributed by atoms with Gasteiger partial charge in [0.1, 0.15) is 11.5 Å². The molecule has 0 aliphatic heterocycles. The number of amides is 2. The molecule has 14 heteroatoms. The average Bonchev–Trinajstić information content (AvgIpc) is 3.64. The highest BCUT2D eigenvalue weighted by molar-refractivity contribution is 6.37. The normalized spacial score (nSPS) is 10.9. The van der Waals surface area contributed by atoms with Crippen molar-refractivity contribution >= 4 is 75.5 Å². The third-order valence-electron chi connectivity index (χ3n) is 14.4. The number of phenols is 3. The summed E-state index contributed by atoms with van der Waals surface area (Å²) < 4.78 is 11.7. The molecule has 83 heavy (non-hydrogen) atoms. The number of primary amides is 1. The van der Waals surface area contributed by atoms with Crippen molar-refractivity contribution in [3.63, 3.8) is 0 Å². The minimum atomic E-state index is -0.545. The lowest BCUT2D eigenvalue weighted by Crippen LogP contribution is -2.14. The van der Waals surface area contributed by atoms with Crippen LogP contribution in [0.3, 0.4) is 0 Å². The van der Waals surface area contributed by atoms with Gasteiger partial charge in [0.05, 0.1) is 44.0 Å². The predicted octanol–water partition coefficient (Wildman–Crippen LogP) is 20.8. The van der Waals surface area contributed by atoms with Gasteiger partial charge < -0.3 is 35.8 Å². The number of rotatable bonds is 32. The highest BCUT2D eigenvalue weighted by atomic mass is 35.5. The van der Waals surface area contributed by atoms with E-state index in [4.69, 9.17) is 73.2 Å². The van der Waals surface area contributed by atoms with Gasteiger partial charge in [-0.15, -0.1) is 0 Å². The summed E-state index contributed by atoms with van der Waals surface area (Å²) in [5, 5.41) is 33.1. The van der Waals surface area contributed by atoms with Gasteiger partial charge in [0.25, 0.3) is 0 Å². The van der Waals surface area contributed by atoms with E-state index in [0.717, 1.165) is 60.3 Å². The number of hydrogen-bond donors (Lipinski definition) is 5. The minimum Gasteiger partial charge on any atom is -0.505 e. The number of nitrogens with two attached hydrogens (primary N) is 1. The largest absolute Gasteiger partial charge is 0.505 e. The van der Waals surface area contributed by atoms with E-state index in [1.165, 1.54) is 138 Å². The first kappa shape index (κ1) is 70.2. The summed E-state index contributed by atoms with van der Waals surface area (Å²) >= 11 is 30.0. The van der Waals surface area contributed by atoms with Crippen LogP contribution in [0.25, 0.3) is 0 Å². The quantitative estimate of drug-likeness (QED) is 0.0208. The van der Waals surface area contributed by atoms with Crippen LogP contribution in [0, 0.1) is 20.8 Å². The molecule has 0 radical (unpaired) electrons. The molecule has 0 heterocycles. The SMILES string of the molecule is CCCCCCCCCCCCOc1ccc(Cc2cc(Cl)c(O)c(Cl)c2)cc1.CCCCCCCCCCCCOc1ccc(Cc2cc(Cl)c(O)c(NC(C)=O)c2)c(C(N)=O)c1.Cc1cc(C)c(Cc2cc(Cl)c(O)c(Cl)c2)c(C)c1.